The number of aromatic amines is 1. The van der Waals surface area contributed by atoms with Crippen LogP contribution in [0.2, 0.25) is 0 Å². The lowest BCUT2D eigenvalue weighted by Crippen LogP contribution is -2.29. The summed E-state index contributed by atoms with van der Waals surface area (Å²) in [5.41, 5.74) is 4.68. The normalized spacial score (nSPS) is 15.5. The molecule has 0 aromatic carbocycles. The number of hydrogen-bond acceptors (Lipinski definition) is 4. The molecule has 1 N–H and O–H groups in total. The highest BCUT2D eigenvalue weighted by molar-refractivity contribution is 7.14. The molecular weight excluding hydrogens is 282 g/mol. The van der Waals surface area contributed by atoms with Crippen LogP contribution in [0.1, 0.15) is 47.8 Å². The molecule has 2 aromatic heterocycles. The summed E-state index contributed by atoms with van der Waals surface area (Å²) < 4.78 is 0. The Hall–Kier alpha value is -1.62. The van der Waals surface area contributed by atoms with Crippen LogP contribution in [0.3, 0.4) is 0 Å². The maximum atomic E-state index is 11.7. The van der Waals surface area contributed by atoms with Gasteiger partial charge in [0.15, 0.2) is 10.9 Å². The maximum absolute atomic E-state index is 11.7. The van der Waals surface area contributed by atoms with Gasteiger partial charge in [-0.05, 0) is 45.6 Å². The number of aromatic nitrogens is 2. The second-order valence-electron chi connectivity index (χ2n) is 5.74. The molecule has 0 bridgehead atoms. The molecule has 112 valence electrons. The third-order valence-corrected chi connectivity index (χ3v) is 5.07. The maximum Gasteiger partial charge on any atom is 0.185 e. The molecule has 0 saturated carbocycles. The number of aryl methyl sites for hydroxylation is 1. The highest BCUT2D eigenvalue weighted by atomic mass is 32.1. The van der Waals surface area contributed by atoms with Crippen molar-refractivity contribution >= 4 is 22.3 Å². The van der Waals surface area contributed by atoms with Crippen LogP contribution in [0, 0.1) is 13.8 Å². The average molecular weight is 303 g/mol. The zero-order valence-electron chi connectivity index (χ0n) is 12.8. The lowest BCUT2D eigenvalue weighted by Gasteiger charge is -2.25. The first-order chi connectivity index (χ1) is 10.1. The molecule has 0 unspecified atom stereocenters. The van der Waals surface area contributed by atoms with Gasteiger partial charge in [-0.1, -0.05) is 0 Å². The van der Waals surface area contributed by atoms with Crippen molar-refractivity contribution in [3.05, 3.63) is 22.2 Å². The summed E-state index contributed by atoms with van der Waals surface area (Å²) in [6, 6.07) is 0. The van der Waals surface area contributed by atoms with Crippen LogP contribution >= 0.6 is 11.3 Å². The zero-order valence-corrected chi connectivity index (χ0v) is 13.6. The van der Waals surface area contributed by atoms with E-state index in [0.717, 1.165) is 46.4 Å². The second kappa shape index (κ2) is 5.64. The molecular formula is C16H21N3OS. The number of hydrogen-bond donors (Lipinski definition) is 1. The van der Waals surface area contributed by atoms with Crippen LogP contribution in [-0.2, 0) is 0 Å². The number of H-pyrrole nitrogens is 1. The fourth-order valence-electron chi connectivity index (χ4n) is 3.14. The average Bonchev–Trinajstić information content (AvgIpc) is 3.04. The number of thiazole rings is 1. The summed E-state index contributed by atoms with van der Waals surface area (Å²) in [4.78, 5) is 22.2. The molecule has 5 heteroatoms. The van der Waals surface area contributed by atoms with Gasteiger partial charge in [-0.2, -0.15) is 0 Å². The molecule has 1 aliphatic rings. The van der Waals surface area contributed by atoms with E-state index in [0.29, 0.717) is 0 Å². The summed E-state index contributed by atoms with van der Waals surface area (Å²) in [6.45, 7) is 7.77. The fraction of sp³-hybridized carbons (Fsp3) is 0.500. The van der Waals surface area contributed by atoms with Crippen LogP contribution in [-0.4, -0.2) is 28.8 Å². The minimum absolute atomic E-state index is 0.110. The third kappa shape index (κ3) is 2.62. The van der Waals surface area contributed by atoms with Crippen LogP contribution in [0.4, 0.5) is 5.13 Å². The van der Waals surface area contributed by atoms with Gasteiger partial charge in [0, 0.05) is 29.7 Å². The molecule has 4 nitrogen and oxygen atoms in total. The Morgan fingerprint density at radius 3 is 2.62 bits per heavy atom. The van der Waals surface area contributed by atoms with Crippen molar-refractivity contribution in [1.82, 2.24) is 9.97 Å². The quantitative estimate of drug-likeness (QED) is 0.873. The summed E-state index contributed by atoms with van der Waals surface area (Å²) in [5.74, 6) is 0.110. The minimum Gasteiger partial charge on any atom is -0.356 e. The predicted octanol–water partition coefficient (Wildman–Crippen LogP) is 3.95. The smallest absolute Gasteiger partial charge is 0.185 e. The Bertz CT molecular complexity index is 665. The van der Waals surface area contributed by atoms with Gasteiger partial charge in [0.05, 0.1) is 5.69 Å². The predicted molar refractivity (Wildman–Crippen MR) is 87.4 cm³/mol. The van der Waals surface area contributed by atoms with Gasteiger partial charge in [0.2, 0.25) is 0 Å². The van der Waals surface area contributed by atoms with E-state index >= 15 is 0 Å². The summed E-state index contributed by atoms with van der Waals surface area (Å²) >= 11 is 1.69. The van der Waals surface area contributed by atoms with Crippen molar-refractivity contribution in [1.29, 1.82) is 0 Å². The molecule has 1 saturated heterocycles. The van der Waals surface area contributed by atoms with Gasteiger partial charge in [-0.3, -0.25) is 4.79 Å². The standard InChI is InChI=1S/C16H21N3OS/c1-10-14(12(3)20)11(2)17-15(10)13-9-21-16(18-13)19-7-5-4-6-8-19/h9,17H,4-8H2,1-3H3. The van der Waals surface area contributed by atoms with E-state index in [4.69, 9.17) is 4.98 Å². The van der Waals surface area contributed by atoms with Crippen molar-refractivity contribution in [2.24, 2.45) is 0 Å². The highest BCUT2D eigenvalue weighted by Gasteiger charge is 2.20. The molecule has 3 rings (SSSR count). The summed E-state index contributed by atoms with van der Waals surface area (Å²) in [6.07, 6.45) is 3.83. The van der Waals surface area contributed by atoms with Crippen LogP contribution in [0.15, 0.2) is 5.38 Å². The Morgan fingerprint density at radius 1 is 1.29 bits per heavy atom. The number of Topliss-reactive ketones (excluding diaryl/α,β-unsaturated/α-hetero) is 1. The minimum atomic E-state index is 0.110. The number of ketones is 1. The molecule has 21 heavy (non-hydrogen) atoms. The van der Waals surface area contributed by atoms with E-state index in [2.05, 4.69) is 15.3 Å². The first kappa shape index (κ1) is 14.3. The fourth-order valence-corrected chi connectivity index (χ4v) is 4.01. The van der Waals surface area contributed by atoms with Crippen LogP contribution in [0.5, 0.6) is 0 Å². The Kier molecular flexibility index (Phi) is 3.85. The van der Waals surface area contributed by atoms with Crippen LogP contribution < -0.4 is 4.90 Å². The molecule has 0 amide bonds. The van der Waals surface area contributed by atoms with Gasteiger partial charge in [-0.25, -0.2) is 4.98 Å². The lowest BCUT2D eigenvalue weighted by atomic mass is 10.1. The summed E-state index contributed by atoms with van der Waals surface area (Å²) in [5, 5.41) is 3.19. The Balaban J connectivity index is 1.93. The molecule has 2 aromatic rings. The van der Waals surface area contributed by atoms with Gasteiger partial charge in [0.1, 0.15) is 5.69 Å². The SMILES string of the molecule is CC(=O)c1c(C)[nH]c(-c2csc(N3CCCCC3)n2)c1C. The van der Waals surface area contributed by atoms with E-state index in [1.165, 1.54) is 19.3 Å². The van der Waals surface area contributed by atoms with E-state index in [-0.39, 0.29) is 5.78 Å². The molecule has 0 aliphatic carbocycles. The third-order valence-electron chi connectivity index (χ3n) is 4.16. The van der Waals surface area contributed by atoms with Gasteiger partial charge < -0.3 is 9.88 Å². The largest absolute Gasteiger partial charge is 0.356 e. The number of nitrogens with one attached hydrogen (secondary N) is 1. The first-order valence-corrected chi connectivity index (χ1v) is 8.37. The first-order valence-electron chi connectivity index (χ1n) is 7.49. The molecule has 1 fully saturated rings. The molecule has 0 atom stereocenters. The van der Waals surface area contributed by atoms with Crippen molar-refractivity contribution in [2.75, 3.05) is 18.0 Å². The number of carbonyl (C=O) groups is 1. The van der Waals surface area contributed by atoms with Crippen molar-refractivity contribution in [3.8, 4) is 11.4 Å². The van der Waals surface area contributed by atoms with Crippen molar-refractivity contribution in [3.63, 3.8) is 0 Å². The molecule has 0 spiro atoms. The Morgan fingerprint density at radius 2 is 2.00 bits per heavy atom. The zero-order chi connectivity index (χ0) is 15.0. The highest BCUT2D eigenvalue weighted by Crippen LogP contribution is 2.32. The molecule has 3 heterocycles. The summed E-state index contributed by atoms with van der Waals surface area (Å²) in [7, 11) is 0. The van der Waals surface area contributed by atoms with E-state index in [9.17, 15) is 4.79 Å². The second-order valence-corrected chi connectivity index (χ2v) is 6.58. The number of rotatable bonds is 3. The van der Waals surface area contributed by atoms with Crippen molar-refractivity contribution in [2.45, 2.75) is 40.0 Å². The van der Waals surface area contributed by atoms with E-state index < -0.39 is 0 Å². The number of anilines is 1. The topological polar surface area (TPSA) is 49.0 Å². The number of nitrogens with zero attached hydrogens (tertiary/aromatic N) is 2. The molecule has 0 radical (unpaired) electrons. The van der Waals surface area contributed by atoms with E-state index in [1.54, 1.807) is 18.3 Å². The van der Waals surface area contributed by atoms with Gasteiger partial charge in [0.25, 0.3) is 0 Å². The molecule has 1 aliphatic heterocycles. The van der Waals surface area contributed by atoms with Crippen LogP contribution in [0.25, 0.3) is 11.4 Å². The van der Waals surface area contributed by atoms with Crippen molar-refractivity contribution < 1.29 is 4.79 Å². The number of carbonyl (C=O) groups excluding carboxylic acids is 1. The monoisotopic (exact) mass is 303 g/mol. The van der Waals surface area contributed by atoms with E-state index in [1.807, 2.05) is 13.8 Å². The lowest BCUT2D eigenvalue weighted by molar-refractivity contribution is 0.101. The Labute approximate surface area is 129 Å². The van der Waals surface area contributed by atoms with Gasteiger partial charge >= 0.3 is 0 Å². The van der Waals surface area contributed by atoms with Gasteiger partial charge in [-0.15, -0.1) is 11.3 Å². The number of piperidine rings is 1.